The second-order valence-electron chi connectivity index (χ2n) is 8.26. The van der Waals surface area contributed by atoms with Crippen LogP contribution < -0.4 is 15.0 Å². The molecule has 0 bridgehead atoms. The zero-order valence-electron chi connectivity index (χ0n) is 18.3. The first-order valence-electron chi connectivity index (χ1n) is 11.0. The number of alkyl halides is 3. The minimum absolute atomic E-state index is 0.155. The molecule has 1 N–H and O–H groups in total. The Morgan fingerprint density at radius 3 is 2.55 bits per heavy atom. The van der Waals surface area contributed by atoms with Crippen LogP contribution in [0.15, 0.2) is 60.7 Å². The zero-order valence-corrected chi connectivity index (χ0v) is 18.3. The Hall–Kier alpha value is -3.13. The first-order chi connectivity index (χ1) is 15.8. The number of rotatable bonds is 6. The van der Waals surface area contributed by atoms with Crippen molar-refractivity contribution in [1.29, 1.82) is 0 Å². The molecule has 2 aromatic carbocycles. The zero-order chi connectivity index (χ0) is 23.4. The summed E-state index contributed by atoms with van der Waals surface area (Å²) in [6.07, 6.45) is -2.66. The predicted molar refractivity (Wildman–Crippen MR) is 121 cm³/mol. The molecule has 1 heterocycles. The van der Waals surface area contributed by atoms with Crippen LogP contribution in [0.1, 0.15) is 31.4 Å². The molecule has 3 aromatic rings. The molecule has 1 fully saturated rings. The number of carbonyl (C=O) groups excluding carboxylic acids is 1. The first kappa shape index (κ1) is 23.0. The Bertz CT molecular complexity index is 1110. The summed E-state index contributed by atoms with van der Waals surface area (Å²) >= 11 is 0. The third-order valence-corrected chi connectivity index (χ3v) is 6.08. The number of carbonyl (C=O) groups is 1. The van der Waals surface area contributed by atoms with Gasteiger partial charge in [-0.3, -0.25) is 9.78 Å². The number of pyridine rings is 1. The van der Waals surface area contributed by atoms with E-state index in [1.54, 1.807) is 12.1 Å². The molecule has 0 unspecified atom stereocenters. The van der Waals surface area contributed by atoms with E-state index in [9.17, 15) is 18.0 Å². The number of hydrogen-bond acceptors (Lipinski definition) is 4. The summed E-state index contributed by atoms with van der Waals surface area (Å²) in [7, 11) is 1.44. The number of nitrogens with one attached hydrogen (secondary N) is 1. The number of aromatic nitrogens is 1. The fourth-order valence-corrected chi connectivity index (χ4v) is 4.38. The van der Waals surface area contributed by atoms with Crippen molar-refractivity contribution in [3.63, 3.8) is 0 Å². The molecule has 8 heteroatoms. The summed E-state index contributed by atoms with van der Waals surface area (Å²) in [4.78, 5) is 17.8. The number of ether oxygens (including phenoxy) is 1. The van der Waals surface area contributed by atoms with E-state index < -0.39 is 18.1 Å². The molecule has 1 aromatic heterocycles. The first-order valence-corrected chi connectivity index (χ1v) is 11.0. The minimum Gasteiger partial charge on any atom is -0.497 e. The van der Waals surface area contributed by atoms with E-state index in [-0.39, 0.29) is 11.7 Å². The maximum Gasteiger partial charge on any atom is 0.471 e. The molecule has 1 aliphatic carbocycles. The minimum atomic E-state index is -4.94. The standard InChI is InChI=1S/C25H26F3N3O2/c1-33-22-7-4-6-21(15-22)31(24(32)25(26,27)28)20-13-11-18(12-14-20)29-16-19-10-9-17-5-2-3-8-23(17)30-19/h2-10,15,18,20,29H,11-14,16H2,1H3. The Kier molecular flexibility index (Phi) is 6.83. The molecule has 0 saturated heterocycles. The fraction of sp³-hybridized carbons (Fsp3) is 0.360. The topological polar surface area (TPSA) is 54.5 Å². The average molecular weight is 457 g/mol. The lowest BCUT2D eigenvalue weighted by atomic mass is 9.89. The molecule has 0 aliphatic heterocycles. The van der Waals surface area contributed by atoms with Gasteiger partial charge in [-0.25, -0.2) is 0 Å². The van der Waals surface area contributed by atoms with Crippen LogP contribution in [0.2, 0.25) is 0 Å². The second kappa shape index (κ2) is 9.79. The summed E-state index contributed by atoms with van der Waals surface area (Å²) in [6.45, 7) is 0.585. The van der Waals surface area contributed by atoms with Crippen molar-refractivity contribution in [1.82, 2.24) is 10.3 Å². The molecular formula is C25H26F3N3O2. The molecule has 1 saturated carbocycles. The molecule has 4 rings (SSSR count). The number of methoxy groups -OCH3 is 1. The van der Waals surface area contributed by atoms with Gasteiger partial charge in [0.25, 0.3) is 0 Å². The molecule has 0 atom stereocenters. The van der Waals surface area contributed by atoms with Crippen LogP contribution in [-0.4, -0.2) is 36.3 Å². The van der Waals surface area contributed by atoms with Crippen LogP contribution in [0.5, 0.6) is 5.75 Å². The van der Waals surface area contributed by atoms with E-state index >= 15 is 0 Å². The number of benzene rings is 2. The van der Waals surface area contributed by atoms with Gasteiger partial charge in [0.2, 0.25) is 0 Å². The van der Waals surface area contributed by atoms with Crippen LogP contribution in [0, 0.1) is 0 Å². The highest BCUT2D eigenvalue weighted by molar-refractivity contribution is 5.98. The van der Waals surface area contributed by atoms with Crippen molar-refractivity contribution in [3.8, 4) is 5.75 Å². The van der Waals surface area contributed by atoms with Crippen molar-refractivity contribution in [2.45, 2.75) is 50.5 Å². The third-order valence-electron chi connectivity index (χ3n) is 6.08. The maximum absolute atomic E-state index is 13.4. The van der Waals surface area contributed by atoms with Crippen LogP contribution in [0.3, 0.4) is 0 Å². The van der Waals surface area contributed by atoms with Gasteiger partial charge in [-0.2, -0.15) is 13.2 Å². The molecule has 5 nitrogen and oxygen atoms in total. The number of nitrogens with zero attached hydrogens (tertiary/aromatic N) is 2. The van der Waals surface area contributed by atoms with Gasteiger partial charge < -0.3 is 15.0 Å². The lowest BCUT2D eigenvalue weighted by Crippen LogP contribution is -2.50. The van der Waals surface area contributed by atoms with Gasteiger partial charge in [0, 0.05) is 35.8 Å². The molecule has 174 valence electrons. The van der Waals surface area contributed by atoms with Crippen LogP contribution >= 0.6 is 0 Å². The molecule has 0 spiro atoms. The van der Waals surface area contributed by atoms with Crippen molar-refractivity contribution in [2.75, 3.05) is 12.0 Å². The van der Waals surface area contributed by atoms with Gasteiger partial charge in [-0.1, -0.05) is 30.3 Å². The van der Waals surface area contributed by atoms with Gasteiger partial charge in [0.05, 0.1) is 18.3 Å². The number of para-hydroxylation sites is 1. The van der Waals surface area contributed by atoms with E-state index in [0.717, 1.165) is 21.5 Å². The Balaban J connectivity index is 1.41. The van der Waals surface area contributed by atoms with Crippen LogP contribution in [0.25, 0.3) is 10.9 Å². The summed E-state index contributed by atoms with van der Waals surface area (Å²) in [5.74, 6) is -1.43. The van der Waals surface area contributed by atoms with Gasteiger partial charge in [-0.15, -0.1) is 0 Å². The van der Waals surface area contributed by atoms with E-state index in [1.165, 1.54) is 19.2 Å². The lowest BCUT2D eigenvalue weighted by Gasteiger charge is -2.37. The Morgan fingerprint density at radius 1 is 1.06 bits per heavy atom. The van der Waals surface area contributed by atoms with Crippen molar-refractivity contribution in [2.24, 2.45) is 0 Å². The maximum atomic E-state index is 13.4. The molecule has 1 aliphatic rings. The van der Waals surface area contributed by atoms with Crippen molar-refractivity contribution >= 4 is 22.5 Å². The molecule has 0 radical (unpaired) electrons. The Morgan fingerprint density at radius 2 is 1.82 bits per heavy atom. The molecule has 1 amide bonds. The SMILES string of the molecule is COc1cccc(N(C(=O)C(F)(F)F)C2CCC(NCc3ccc4ccccc4n3)CC2)c1. The molecular weight excluding hydrogens is 431 g/mol. The van der Waals surface area contributed by atoms with Crippen LogP contribution in [-0.2, 0) is 11.3 Å². The predicted octanol–water partition coefficient (Wildman–Crippen LogP) is 5.24. The number of fused-ring (bicyclic) bond motifs is 1. The summed E-state index contributed by atoms with van der Waals surface area (Å²) in [5.41, 5.74) is 2.05. The number of halogens is 3. The van der Waals surface area contributed by atoms with Crippen molar-refractivity contribution < 1.29 is 22.7 Å². The second-order valence-corrected chi connectivity index (χ2v) is 8.26. The highest BCUT2D eigenvalue weighted by atomic mass is 19.4. The van der Waals surface area contributed by atoms with Crippen LogP contribution in [0.4, 0.5) is 18.9 Å². The highest BCUT2D eigenvalue weighted by Crippen LogP contribution is 2.33. The quantitative estimate of drug-likeness (QED) is 0.550. The summed E-state index contributed by atoms with van der Waals surface area (Å²) < 4.78 is 45.3. The fourth-order valence-electron chi connectivity index (χ4n) is 4.38. The van der Waals surface area contributed by atoms with E-state index in [1.807, 2.05) is 36.4 Å². The molecule has 33 heavy (non-hydrogen) atoms. The highest BCUT2D eigenvalue weighted by Gasteiger charge is 2.45. The van der Waals surface area contributed by atoms with Gasteiger partial charge in [0.1, 0.15) is 5.75 Å². The number of anilines is 1. The van der Waals surface area contributed by atoms with E-state index in [0.29, 0.717) is 38.0 Å². The average Bonchev–Trinajstić information content (AvgIpc) is 2.83. The third kappa shape index (κ3) is 5.45. The lowest BCUT2D eigenvalue weighted by molar-refractivity contribution is -0.171. The summed E-state index contributed by atoms with van der Waals surface area (Å²) in [5, 5.41) is 4.55. The van der Waals surface area contributed by atoms with E-state index in [2.05, 4.69) is 10.3 Å². The summed E-state index contributed by atoms with van der Waals surface area (Å²) in [6, 6.07) is 17.8. The van der Waals surface area contributed by atoms with Gasteiger partial charge in [-0.05, 0) is 49.9 Å². The largest absolute Gasteiger partial charge is 0.497 e. The van der Waals surface area contributed by atoms with Crippen molar-refractivity contribution in [3.05, 3.63) is 66.4 Å². The monoisotopic (exact) mass is 457 g/mol. The number of hydrogen-bond donors (Lipinski definition) is 1. The van der Waals surface area contributed by atoms with E-state index in [4.69, 9.17) is 4.74 Å². The van der Waals surface area contributed by atoms with Gasteiger partial charge >= 0.3 is 12.1 Å². The van der Waals surface area contributed by atoms with Gasteiger partial charge in [0.15, 0.2) is 0 Å². The smallest absolute Gasteiger partial charge is 0.471 e. The normalized spacial score (nSPS) is 18.8. The Labute approximate surface area is 190 Å². The number of amides is 1.